The van der Waals surface area contributed by atoms with Crippen molar-refractivity contribution in [1.29, 1.82) is 0 Å². The number of nitrogens with zero attached hydrogens (tertiary/aromatic N) is 1. The molecule has 0 saturated carbocycles. The van der Waals surface area contributed by atoms with Crippen LogP contribution in [0.1, 0.15) is 57.9 Å². The van der Waals surface area contributed by atoms with Crippen molar-refractivity contribution in [2.45, 2.75) is 58.8 Å². The molecule has 0 N–H and O–H groups in total. The Labute approximate surface area is 177 Å². The van der Waals surface area contributed by atoms with E-state index in [2.05, 4.69) is 97.6 Å². The van der Waals surface area contributed by atoms with Gasteiger partial charge in [-0.25, -0.2) is 0 Å². The molecule has 0 aromatic heterocycles. The summed E-state index contributed by atoms with van der Waals surface area (Å²) in [6.45, 7) is 5.47. The van der Waals surface area contributed by atoms with Crippen LogP contribution in [-0.4, -0.2) is 6.54 Å². The summed E-state index contributed by atoms with van der Waals surface area (Å²) in [5.41, 5.74) is 6.75. The molecule has 1 nitrogen and oxygen atoms in total. The zero-order valence-electron chi connectivity index (χ0n) is 18.1. The van der Waals surface area contributed by atoms with Crippen molar-refractivity contribution in [1.82, 2.24) is 0 Å². The summed E-state index contributed by atoms with van der Waals surface area (Å²) in [7, 11) is 0. The number of para-hydroxylation sites is 1. The van der Waals surface area contributed by atoms with Crippen molar-refractivity contribution < 1.29 is 0 Å². The Kier molecular flexibility index (Phi) is 8.37. The average Bonchev–Trinajstić information content (AvgIpc) is 2.78. The Morgan fingerprint density at radius 1 is 0.621 bits per heavy atom. The highest BCUT2D eigenvalue weighted by molar-refractivity contribution is 5.84. The van der Waals surface area contributed by atoms with Crippen LogP contribution in [0.25, 0.3) is 11.1 Å². The predicted octanol–water partition coefficient (Wildman–Crippen LogP) is 8.41. The Morgan fingerprint density at radius 3 is 1.97 bits per heavy atom. The fourth-order valence-corrected chi connectivity index (χ4v) is 4.15. The molecule has 0 fully saturated rings. The molecule has 1 heteroatoms. The van der Waals surface area contributed by atoms with Gasteiger partial charge in [0.2, 0.25) is 0 Å². The largest absolute Gasteiger partial charge is 0.341 e. The third kappa shape index (κ3) is 5.73. The van der Waals surface area contributed by atoms with Gasteiger partial charge in [0.25, 0.3) is 0 Å². The van der Waals surface area contributed by atoms with Gasteiger partial charge >= 0.3 is 0 Å². The number of anilines is 2. The summed E-state index contributed by atoms with van der Waals surface area (Å²) in [5, 5.41) is 0. The molecule has 0 aliphatic rings. The van der Waals surface area contributed by atoms with Crippen molar-refractivity contribution >= 4 is 11.4 Å². The lowest BCUT2D eigenvalue weighted by atomic mass is 9.93. The fraction of sp³-hybridized carbons (Fsp3) is 0.357. The van der Waals surface area contributed by atoms with Crippen LogP contribution in [-0.2, 0) is 6.42 Å². The molecule has 0 heterocycles. The van der Waals surface area contributed by atoms with Crippen LogP contribution < -0.4 is 4.90 Å². The molecule has 0 amide bonds. The van der Waals surface area contributed by atoms with Crippen molar-refractivity contribution in [3.63, 3.8) is 0 Å². The van der Waals surface area contributed by atoms with Gasteiger partial charge in [0, 0.05) is 23.5 Å². The molecule has 152 valence electrons. The maximum absolute atomic E-state index is 2.44. The van der Waals surface area contributed by atoms with Crippen molar-refractivity contribution in [3.8, 4) is 11.1 Å². The molecule has 0 atom stereocenters. The van der Waals surface area contributed by atoms with Crippen LogP contribution in [0.15, 0.2) is 78.9 Å². The first-order chi connectivity index (χ1) is 14.3. The standard InChI is InChI=1S/C28H35N/c1-3-5-6-7-8-11-17-25-20-16-23-27(28(25)24-18-12-9-13-19-24)29(4-2)26-21-14-10-15-22-26/h9-10,12-16,18-23H,3-8,11,17H2,1-2H3. The molecule has 29 heavy (non-hydrogen) atoms. The lowest BCUT2D eigenvalue weighted by Gasteiger charge is -2.27. The number of unbranched alkanes of at least 4 members (excludes halogenated alkanes) is 5. The van der Waals surface area contributed by atoms with E-state index < -0.39 is 0 Å². The molecule has 3 aromatic carbocycles. The zero-order valence-corrected chi connectivity index (χ0v) is 18.1. The lowest BCUT2D eigenvalue weighted by Crippen LogP contribution is -2.17. The minimum absolute atomic E-state index is 0.949. The highest BCUT2D eigenvalue weighted by Gasteiger charge is 2.16. The van der Waals surface area contributed by atoms with E-state index >= 15 is 0 Å². The number of aryl methyl sites for hydroxylation is 1. The molecule has 0 saturated heterocycles. The Bertz CT molecular complexity index is 839. The number of hydrogen-bond donors (Lipinski definition) is 0. The first-order valence-corrected chi connectivity index (χ1v) is 11.3. The third-order valence-electron chi connectivity index (χ3n) is 5.67. The third-order valence-corrected chi connectivity index (χ3v) is 5.67. The average molecular weight is 386 g/mol. The van der Waals surface area contributed by atoms with E-state index in [0.29, 0.717) is 0 Å². The number of rotatable bonds is 11. The van der Waals surface area contributed by atoms with Gasteiger partial charge in [-0.05, 0) is 49.1 Å². The van der Waals surface area contributed by atoms with Crippen LogP contribution in [0.4, 0.5) is 11.4 Å². The van der Waals surface area contributed by atoms with Gasteiger partial charge in [0.05, 0.1) is 0 Å². The van der Waals surface area contributed by atoms with Gasteiger partial charge in [0.15, 0.2) is 0 Å². The van der Waals surface area contributed by atoms with Gasteiger partial charge in [-0.3, -0.25) is 0 Å². The van der Waals surface area contributed by atoms with Crippen LogP contribution in [0, 0.1) is 0 Å². The second-order valence-electron chi connectivity index (χ2n) is 7.77. The molecule has 0 spiro atoms. The van der Waals surface area contributed by atoms with Crippen molar-refractivity contribution in [3.05, 3.63) is 84.4 Å². The summed E-state index contributed by atoms with van der Waals surface area (Å²) in [6, 6.07) is 28.5. The molecule has 0 radical (unpaired) electrons. The first-order valence-electron chi connectivity index (χ1n) is 11.3. The van der Waals surface area contributed by atoms with E-state index in [1.54, 1.807) is 0 Å². The molecular formula is C28H35N. The maximum atomic E-state index is 2.44. The van der Waals surface area contributed by atoms with Gasteiger partial charge in [-0.15, -0.1) is 0 Å². The minimum Gasteiger partial charge on any atom is -0.341 e. The molecule has 0 bridgehead atoms. The second kappa shape index (κ2) is 11.5. The summed E-state index contributed by atoms with van der Waals surface area (Å²) in [6.07, 6.45) is 9.16. The molecular weight excluding hydrogens is 350 g/mol. The van der Waals surface area contributed by atoms with Crippen molar-refractivity contribution in [2.75, 3.05) is 11.4 Å². The SMILES string of the molecule is CCCCCCCCc1cccc(N(CC)c2ccccc2)c1-c1ccccc1. The van der Waals surface area contributed by atoms with E-state index in [1.165, 1.54) is 66.6 Å². The molecule has 3 aromatic rings. The summed E-state index contributed by atoms with van der Waals surface area (Å²) < 4.78 is 0. The summed E-state index contributed by atoms with van der Waals surface area (Å²) in [5.74, 6) is 0. The van der Waals surface area contributed by atoms with E-state index in [0.717, 1.165) is 13.0 Å². The number of hydrogen-bond acceptors (Lipinski definition) is 1. The first kappa shape index (κ1) is 21.2. The van der Waals surface area contributed by atoms with E-state index in [-0.39, 0.29) is 0 Å². The Hall–Kier alpha value is -2.54. The summed E-state index contributed by atoms with van der Waals surface area (Å²) in [4.78, 5) is 2.44. The van der Waals surface area contributed by atoms with Crippen molar-refractivity contribution in [2.24, 2.45) is 0 Å². The second-order valence-corrected chi connectivity index (χ2v) is 7.77. The quantitative estimate of drug-likeness (QED) is 0.299. The van der Waals surface area contributed by atoms with E-state index in [1.807, 2.05) is 0 Å². The topological polar surface area (TPSA) is 3.24 Å². The Balaban J connectivity index is 1.92. The summed E-state index contributed by atoms with van der Waals surface area (Å²) >= 11 is 0. The monoisotopic (exact) mass is 385 g/mol. The van der Waals surface area contributed by atoms with Crippen LogP contribution >= 0.6 is 0 Å². The molecule has 3 rings (SSSR count). The molecule has 0 aliphatic carbocycles. The molecule has 0 unspecified atom stereocenters. The maximum Gasteiger partial charge on any atom is 0.0493 e. The van der Waals surface area contributed by atoms with Crippen LogP contribution in [0.5, 0.6) is 0 Å². The minimum atomic E-state index is 0.949. The molecule has 0 aliphatic heterocycles. The van der Waals surface area contributed by atoms with Crippen LogP contribution in [0.3, 0.4) is 0 Å². The van der Waals surface area contributed by atoms with Gasteiger partial charge in [-0.1, -0.05) is 99.7 Å². The van der Waals surface area contributed by atoms with Gasteiger partial charge in [-0.2, -0.15) is 0 Å². The van der Waals surface area contributed by atoms with E-state index in [4.69, 9.17) is 0 Å². The van der Waals surface area contributed by atoms with Gasteiger partial charge in [0.1, 0.15) is 0 Å². The number of benzene rings is 3. The highest BCUT2D eigenvalue weighted by Crippen LogP contribution is 2.38. The Morgan fingerprint density at radius 2 is 1.28 bits per heavy atom. The predicted molar refractivity (Wildman–Crippen MR) is 128 cm³/mol. The fourth-order valence-electron chi connectivity index (χ4n) is 4.15. The normalized spacial score (nSPS) is 10.8. The lowest BCUT2D eigenvalue weighted by molar-refractivity contribution is 0.608. The zero-order chi connectivity index (χ0) is 20.3. The van der Waals surface area contributed by atoms with Crippen LogP contribution in [0.2, 0.25) is 0 Å². The highest BCUT2D eigenvalue weighted by atomic mass is 15.1. The smallest absolute Gasteiger partial charge is 0.0493 e. The van der Waals surface area contributed by atoms with E-state index in [9.17, 15) is 0 Å². The van der Waals surface area contributed by atoms with Gasteiger partial charge < -0.3 is 4.90 Å².